The first-order valence-corrected chi connectivity index (χ1v) is 11.2. The van der Waals surface area contributed by atoms with Crippen LogP contribution in [0.2, 0.25) is 0 Å². The van der Waals surface area contributed by atoms with E-state index < -0.39 is 0 Å². The first kappa shape index (κ1) is 27.2. The number of aromatic nitrogens is 3. The molecule has 2 N–H and O–H groups in total. The van der Waals surface area contributed by atoms with E-state index in [2.05, 4.69) is 27.0 Å². The second kappa shape index (κ2) is 15.0. The maximum absolute atomic E-state index is 12.8. The van der Waals surface area contributed by atoms with Gasteiger partial charge in [-0.1, -0.05) is 18.2 Å². The van der Waals surface area contributed by atoms with Gasteiger partial charge in [-0.05, 0) is 49.7 Å². The van der Waals surface area contributed by atoms with Gasteiger partial charge in [0.25, 0.3) is 18.9 Å². The minimum absolute atomic E-state index is 0.0117. The number of likely N-dealkylation sites (tertiary alicyclic amines) is 1. The predicted molar refractivity (Wildman–Crippen MR) is 131 cm³/mol. The number of likely N-dealkylation sites (N-methyl/N-ethyl adjacent to an activating group) is 1. The van der Waals surface area contributed by atoms with E-state index in [1.165, 1.54) is 31.5 Å². The fourth-order valence-corrected chi connectivity index (χ4v) is 3.71. The second-order valence-corrected chi connectivity index (χ2v) is 7.85. The first-order valence-electron chi connectivity index (χ1n) is 11.2. The molecule has 10 heteroatoms. The van der Waals surface area contributed by atoms with E-state index in [-0.39, 0.29) is 18.9 Å². The number of carbonyl (C=O) groups excluding carboxylic acids is 1. The maximum Gasteiger partial charge on any atom is 0.290 e. The van der Waals surface area contributed by atoms with Gasteiger partial charge in [0.1, 0.15) is 0 Å². The van der Waals surface area contributed by atoms with Crippen LogP contribution in [0.4, 0.5) is 0 Å². The van der Waals surface area contributed by atoms with E-state index >= 15 is 0 Å². The van der Waals surface area contributed by atoms with Crippen LogP contribution in [-0.2, 0) is 22.7 Å². The number of carboxylic acid groups (broad SMARTS) is 2. The number of amides is 1. The van der Waals surface area contributed by atoms with Crippen LogP contribution in [0.15, 0.2) is 61.3 Å². The van der Waals surface area contributed by atoms with Gasteiger partial charge in [-0.25, -0.2) is 4.98 Å². The average Bonchev–Trinajstić information content (AvgIpc) is 3.58. The summed E-state index contributed by atoms with van der Waals surface area (Å²) in [5.74, 6) is 0.0117. The summed E-state index contributed by atoms with van der Waals surface area (Å²) in [6, 6.07) is 11.9. The Hall–Kier alpha value is -4.05. The molecule has 0 spiro atoms. The van der Waals surface area contributed by atoms with Crippen molar-refractivity contribution < 1.29 is 24.6 Å². The number of benzene rings is 1. The van der Waals surface area contributed by atoms with Crippen LogP contribution < -0.4 is 0 Å². The summed E-state index contributed by atoms with van der Waals surface area (Å²) in [5, 5.41) is 13.8. The lowest BCUT2D eigenvalue weighted by molar-refractivity contribution is -0.123. The molecule has 1 fully saturated rings. The van der Waals surface area contributed by atoms with E-state index in [0.29, 0.717) is 12.1 Å². The van der Waals surface area contributed by atoms with Crippen molar-refractivity contribution in [2.24, 2.45) is 0 Å². The van der Waals surface area contributed by atoms with Gasteiger partial charge in [0, 0.05) is 56.4 Å². The van der Waals surface area contributed by atoms with Crippen LogP contribution >= 0.6 is 0 Å². The molecule has 3 heterocycles. The maximum atomic E-state index is 12.8. The number of rotatable bonds is 7. The van der Waals surface area contributed by atoms with Gasteiger partial charge in [-0.2, -0.15) is 0 Å². The molecule has 35 heavy (non-hydrogen) atoms. The second-order valence-electron chi connectivity index (χ2n) is 7.85. The third-order valence-electron chi connectivity index (χ3n) is 5.43. The van der Waals surface area contributed by atoms with Crippen molar-refractivity contribution in [1.29, 1.82) is 0 Å². The number of pyridine rings is 1. The Morgan fingerprint density at radius 3 is 2.43 bits per heavy atom. The molecular weight excluding hydrogens is 450 g/mol. The molecule has 0 bridgehead atoms. The van der Waals surface area contributed by atoms with Crippen molar-refractivity contribution in [3.63, 3.8) is 0 Å². The lowest BCUT2D eigenvalue weighted by Gasteiger charge is -2.18. The van der Waals surface area contributed by atoms with Crippen molar-refractivity contribution in [3.05, 3.63) is 72.4 Å². The zero-order valence-electron chi connectivity index (χ0n) is 19.7. The van der Waals surface area contributed by atoms with Gasteiger partial charge in [-0.3, -0.25) is 24.3 Å². The van der Waals surface area contributed by atoms with Gasteiger partial charge in [0.15, 0.2) is 0 Å². The lowest BCUT2D eigenvalue weighted by atomic mass is 10.1. The summed E-state index contributed by atoms with van der Waals surface area (Å²) in [6.07, 6.45) is 9.95. The third kappa shape index (κ3) is 9.01. The molecule has 0 radical (unpaired) electrons. The normalized spacial score (nSPS) is 12.5. The molecule has 1 aliphatic rings. The topological polar surface area (TPSA) is 129 Å². The zero-order valence-corrected chi connectivity index (χ0v) is 19.7. The minimum Gasteiger partial charge on any atom is -0.483 e. The van der Waals surface area contributed by atoms with Gasteiger partial charge < -0.3 is 19.7 Å². The molecule has 0 aliphatic carbocycles. The molecule has 0 saturated carbocycles. The lowest BCUT2D eigenvalue weighted by Crippen LogP contribution is -2.29. The molecule has 1 aromatic carbocycles. The van der Waals surface area contributed by atoms with Gasteiger partial charge in [0.05, 0.1) is 12.0 Å². The van der Waals surface area contributed by atoms with E-state index in [1.54, 1.807) is 17.4 Å². The molecule has 1 saturated heterocycles. The number of nitrogens with zero attached hydrogens (tertiary/aromatic N) is 5. The van der Waals surface area contributed by atoms with Crippen LogP contribution in [0.3, 0.4) is 0 Å². The monoisotopic (exact) mass is 481 g/mol. The largest absolute Gasteiger partial charge is 0.483 e. The Morgan fingerprint density at radius 1 is 1.11 bits per heavy atom. The SMILES string of the molecule is CN(CCn1ccnc1)C(=O)c1cccc(-c2ccc(CN3CCCC3)cn2)c1.O=CO.O=CO. The molecule has 3 aromatic rings. The minimum atomic E-state index is -0.250. The van der Waals surface area contributed by atoms with Crippen molar-refractivity contribution in [2.45, 2.75) is 25.9 Å². The summed E-state index contributed by atoms with van der Waals surface area (Å²) in [4.78, 5) is 42.4. The molecular formula is C25H31N5O5. The number of hydrogen-bond acceptors (Lipinski definition) is 6. The Morgan fingerprint density at radius 2 is 1.83 bits per heavy atom. The number of hydrogen-bond donors (Lipinski definition) is 2. The Kier molecular flexibility index (Phi) is 11.6. The first-order chi connectivity index (χ1) is 17.0. The summed E-state index contributed by atoms with van der Waals surface area (Å²) in [6.45, 7) is 4.18. The third-order valence-corrected chi connectivity index (χ3v) is 5.43. The highest BCUT2D eigenvalue weighted by Crippen LogP contribution is 2.20. The van der Waals surface area contributed by atoms with Crippen molar-refractivity contribution in [3.8, 4) is 11.3 Å². The summed E-state index contributed by atoms with van der Waals surface area (Å²) < 4.78 is 1.97. The molecule has 10 nitrogen and oxygen atoms in total. The van der Waals surface area contributed by atoms with Crippen molar-refractivity contribution in [2.75, 3.05) is 26.7 Å². The zero-order chi connectivity index (χ0) is 25.5. The van der Waals surface area contributed by atoms with Crippen LogP contribution in [0.1, 0.15) is 28.8 Å². The quantitative estimate of drug-likeness (QED) is 0.493. The van der Waals surface area contributed by atoms with Crippen LogP contribution in [-0.4, -0.2) is 80.1 Å². The summed E-state index contributed by atoms with van der Waals surface area (Å²) >= 11 is 0. The Bertz CT molecular complexity index is 1030. The molecule has 1 amide bonds. The molecule has 0 unspecified atom stereocenters. The smallest absolute Gasteiger partial charge is 0.290 e. The number of imidazole rings is 1. The highest BCUT2D eigenvalue weighted by atomic mass is 16.3. The van der Waals surface area contributed by atoms with E-state index in [4.69, 9.17) is 19.8 Å². The summed E-state index contributed by atoms with van der Waals surface area (Å²) in [7, 11) is 1.83. The predicted octanol–water partition coefficient (Wildman–Crippen LogP) is 2.71. The van der Waals surface area contributed by atoms with Crippen LogP contribution in [0.5, 0.6) is 0 Å². The molecule has 4 rings (SSSR count). The molecule has 186 valence electrons. The van der Waals surface area contributed by atoms with Crippen molar-refractivity contribution >= 4 is 18.9 Å². The standard InChI is InChI=1S/C23H27N5O.2CH2O2/c1-26(13-14-28-12-9-24-18-28)23(29)21-6-4-5-20(15-21)22-8-7-19(16-25-22)17-27-10-2-3-11-27;2*2-1-3/h4-9,12,15-16,18H,2-3,10-11,13-14,17H2,1H3;2*1H,(H,2,3). The van der Waals surface area contributed by atoms with Gasteiger partial charge in [0.2, 0.25) is 0 Å². The van der Waals surface area contributed by atoms with Gasteiger partial charge in [-0.15, -0.1) is 0 Å². The molecule has 0 atom stereocenters. The molecule has 2 aromatic heterocycles. The fourth-order valence-electron chi connectivity index (χ4n) is 3.71. The Labute approximate surface area is 204 Å². The average molecular weight is 482 g/mol. The summed E-state index contributed by atoms with van der Waals surface area (Å²) in [5.41, 5.74) is 3.78. The fraction of sp³-hybridized carbons (Fsp3) is 0.320. The van der Waals surface area contributed by atoms with Crippen LogP contribution in [0.25, 0.3) is 11.3 Å². The highest BCUT2D eigenvalue weighted by Gasteiger charge is 2.14. The Balaban J connectivity index is 0.000000655. The molecule has 1 aliphatic heterocycles. The highest BCUT2D eigenvalue weighted by molar-refractivity contribution is 5.95. The van der Waals surface area contributed by atoms with E-state index in [1.807, 2.05) is 48.3 Å². The van der Waals surface area contributed by atoms with Crippen LogP contribution in [0, 0.1) is 0 Å². The van der Waals surface area contributed by atoms with E-state index in [0.717, 1.165) is 24.3 Å². The number of carbonyl (C=O) groups is 3. The van der Waals surface area contributed by atoms with Gasteiger partial charge >= 0.3 is 0 Å². The van der Waals surface area contributed by atoms with E-state index in [9.17, 15) is 4.79 Å². The van der Waals surface area contributed by atoms with Crippen molar-refractivity contribution in [1.82, 2.24) is 24.3 Å².